The van der Waals surface area contributed by atoms with E-state index in [2.05, 4.69) is 0 Å². The average Bonchev–Trinajstić information content (AvgIpc) is 2.24. The minimum absolute atomic E-state index is 0.225. The van der Waals surface area contributed by atoms with Gasteiger partial charge in [0.2, 0.25) is 0 Å². The molecule has 0 rings (SSSR count). The van der Waals surface area contributed by atoms with Crippen molar-refractivity contribution in [1.29, 1.82) is 0 Å². The van der Waals surface area contributed by atoms with E-state index >= 15 is 0 Å². The molecule has 0 spiro atoms. The third-order valence-corrected chi connectivity index (χ3v) is 3.22. The van der Waals surface area contributed by atoms with E-state index < -0.39 is 6.10 Å². The second kappa shape index (κ2) is 15.9. The highest BCUT2D eigenvalue weighted by atomic mass is 33.1. The number of hydrogen-bond donors (Lipinski definition) is 5. The smallest absolute Gasteiger partial charge is 0.100 e. The van der Waals surface area contributed by atoms with Gasteiger partial charge in [0.15, 0.2) is 0 Å². The molecule has 0 heterocycles. The third-order valence-electron chi connectivity index (χ3n) is 0.854. The van der Waals surface area contributed by atoms with Crippen molar-refractivity contribution in [3.63, 3.8) is 0 Å². The van der Waals surface area contributed by atoms with E-state index in [1.165, 1.54) is 0 Å². The lowest BCUT2D eigenvalue weighted by Gasteiger charge is -1.96. The molecule has 0 saturated carbocycles. The van der Waals surface area contributed by atoms with E-state index in [4.69, 9.17) is 25.5 Å². The van der Waals surface area contributed by atoms with Crippen molar-refractivity contribution in [3.8, 4) is 0 Å². The fourth-order valence-electron chi connectivity index (χ4n) is 0.250. The highest BCUT2D eigenvalue weighted by molar-refractivity contribution is 8.76. The predicted molar refractivity (Wildman–Crippen MR) is 59.3 cm³/mol. The van der Waals surface area contributed by atoms with E-state index in [1.54, 1.807) is 21.6 Å². The van der Waals surface area contributed by atoms with Crippen LogP contribution in [0.3, 0.4) is 0 Å². The van der Waals surface area contributed by atoms with Crippen LogP contribution in [0.1, 0.15) is 0 Å². The molecule has 7 heteroatoms. The Morgan fingerprint density at radius 1 is 0.786 bits per heavy atom. The lowest BCUT2D eigenvalue weighted by Crippen LogP contribution is -2.15. The maximum atomic E-state index is 8.27. The Labute approximate surface area is 91.6 Å². The zero-order valence-electron chi connectivity index (χ0n) is 7.87. The Hall–Kier alpha value is 0.500. The maximum absolute atomic E-state index is 8.27. The molecule has 0 aromatic rings. The Morgan fingerprint density at radius 3 is 1.29 bits per heavy atom. The summed E-state index contributed by atoms with van der Waals surface area (Å²) in [5.74, 6) is 1.51. The molecule has 0 aromatic carbocycles. The molecule has 0 bridgehead atoms. The fourth-order valence-corrected chi connectivity index (χ4v) is 1.79. The highest BCUT2D eigenvalue weighted by Gasteiger charge is 1.93. The maximum Gasteiger partial charge on any atom is 0.100 e. The van der Waals surface area contributed by atoms with Crippen LogP contribution in [-0.2, 0) is 0 Å². The first kappa shape index (κ1) is 16.9. The average molecular weight is 246 g/mol. The molecule has 0 aliphatic carbocycles. The van der Waals surface area contributed by atoms with Crippen LogP contribution >= 0.6 is 21.6 Å². The van der Waals surface area contributed by atoms with Gasteiger partial charge in [0.1, 0.15) is 6.10 Å². The summed E-state index contributed by atoms with van der Waals surface area (Å²) in [4.78, 5) is 0. The molecule has 5 nitrogen and oxygen atoms in total. The normalized spacial score (nSPS) is 9.86. The second-order valence-electron chi connectivity index (χ2n) is 2.11. The van der Waals surface area contributed by atoms with Gasteiger partial charge in [-0.2, -0.15) is 0 Å². The lowest BCUT2D eigenvalue weighted by molar-refractivity contribution is 0.0450. The Kier molecular flexibility index (Phi) is 19.3. The number of aliphatic hydroxyl groups excluding tert-OH is 5. The number of aliphatic hydroxyl groups is 5. The molecule has 0 saturated heterocycles. The summed E-state index contributed by atoms with van der Waals surface area (Å²) in [5.41, 5.74) is 0. The first-order chi connectivity index (χ1) is 6.72. The summed E-state index contributed by atoms with van der Waals surface area (Å²) >= 11 is 0. The van der Waals surface area contributed by atoms with E-state index in [0.717, 1.165) is 11.5 Å². The van der Waals surface area contributed by atoms with Crippen LogP contribution in [0.15, 0.2) is 0 Å². The first-order valence-electron chi connectivity index (χ1n) is 4.08. The van der Waals surface area contributed by atoms with Crippen molar-refractivity contribution in [1.82, 2.24) is 0 Å². The molecule has 0 aromatic heterocycles. The summed E-state index contributed by atoms with van der Waals surface area (Å²) in [6.45, 7) is -0.279. The van der Waals surface area contributed by atoms with Crippen LogP contribution in [-0.4, -0.2) is 69.6 Å². The molecule has 0 radical (unpaired) electrons. The molecule has 0 aliphatic heterocycles. The molecule has 88 valence electrons. The van der Waals surface area contributed by atoms with Gasteiger partial charge in [0.25, 0.3) is 0 Å². The van der Waals surface area contributed by atoms with Gasteiger partial charge < -0.3 is 25.5 Å². The second-order valence-corrected chi connectivity index (χ2v) is 4.81. The van der Waals surface area contributed by atoms with Crippen LogP contribution < -0.4 is 0 Å². The van der Waals surface area contributed by atoms with Crippen molar-refractivity contribution in [2.75, 3.05) is 37.9 Å². The zero-order chi connectivity index (χ0) is 11.2. The lowest BCUT2D eigenvalue weighted by atomic mass is 10.4. The van der Waals surface area contributed by atoms with Crippen molar-refractivity contribution in [2.45, 2.75) is 6.10 Å². The van der Waals surface area contributed by atoms with Gasteiger partial charge in [-0.3, -0.25) is 0 Å². The zero-order valence-corrected chi connectivity index (χ0v) is 9.51. The van der Waals surface area contributed by atoms with Crippen LogP contribution in [0.25, 0.3) is 0 Å². The monoisotopic (exact) mass is 246 g/mol. The quantitative estimate of drug-likeness (QED) is 0.281. The third kappa shape index (κ3) is 18.3. The van der Waals surface area contributed by atoms with E-state index in [1.807, 2.05) is 0 Å². The minimum atomic E-state index is -0.954. The topological polar surface area (TPSA) is 101 Å². The van der Waals surface area contributed by atoms with Crippen LogP contribution in [0, 0.1) is 0 Å². The van der Waals surface area contributed by atoms with Crippen molar-refractivity contribution < 1.29 is 25.5 Å². The minimum Gasteiger partial charge on any atom is -0.395 e. The van der Waals surface area contributed by atoms with Crippen molar-refractivity contribution in [3.05, 3.63) is 0 Å². The molecular formula is C7H18O5S2. The molecule has 0 aliphatic rings. The summed E-state index contributed by atoms with van der Waals surface area (Å²) in [6.07, 6.45) is -0.954. The van der Waals surface area contributed by atoms with Gasteiger partial charge in [0, 0.05) is 11.5 Å². The van der Waals surface area contributed by atoms with Gasteiger partial charge in [0.05, 0.1) is 26.4 Å². The van der Waals surface area contributed by atoms with Crippen molar-refractivity contribution in [2.24, 2.45) is 0 Å². The van der Waals surface area contributed by atoms with Crippen LogP contribution in [0.4, 0.5) is 0 Å². The largest absolute Gasteiger partial charge is 0.395 e. The molecule has 0 atom stereocenters. The van der Waals surface area contributed by atoms with Crippen LogP contribution in [0.5, 0.6) is 0 Å². The van der Waals surface area contributed by atoms with Gasteiger partial charge >= 0.3 is 0 Å². The number of hydrogen-bond acceptors (Lipinski definition) is 7. The highest BCUT2D eigenvalue weighted by Crippen LogP contribution is 2.18. The van der Waals surface area contributed by atoms with Gasteiger partial charge in [-0.15, -0.1) is 0 Å². The van der Waals surface area contributed by atoms with Crippen LogP contribution in [0.2, 0.25) is 0 Å². The standard InChI is InChI=1S/C4H10O2S2.C3H8O3/c5-1-3-7-8-4-2-6;4-1-3(6)2-5/h5-6H,1-4H2;3-6H,1-2H2. The van der Waals surface area contributed by atoms with Gasteiger partial charge in [-0.1, -0.05) is 21.6 Å². The summed E-state index contributed by atoms with van der Waals surface area (Å²) in [5, 5.41) is 40.6. The predicted octanol–water partition coefficient (Wildman–Crippen LogP) is -1.32. The van der Waals surface area contributed by atoms with E-state index in [0.29, 0.717) is 0 Å². The molecule has 14 heavy (non-hydrogen) atoms. The first-order valence-corrected chi connectivity index (χ1v) is 6.57. The summed E-state index contributed by atoms with van der Waals surface area (Å²) in [6, 6.07) is 0. The summed E-state index contributed by atoms with van der Waals surface area (Å²) in [7, 11) is 3.17. The van der Waals surface area contributed by atoms with Gasteiger partial charge in [-0.05, 0) is 0 Å². The summed E-state index contributed by atoms with van der Waals surface area (Å²) < 4.78 is 0. The molecule has 0 fully saturated rings. The SMILES string of the molecule is OCC(O)CO.OCCSSCCO. The van der Waals surface area contributed by atoms with E-state index in [-0.39, 0.29) is 26.4 Å². The number of rotatable bonds is 7. The fraction of sp³-hybridized carbons (Fsp3) is 1.00. The Balaban J connectivity index is 0. The van der Waals surface area contributed by atoms with Gasteiger partial charge in [-0.25, -0.2) is 0 Å². The Bertz CT molecular complexity index is 86.1. The molecule has 5 N–H and O–H groups in total. The Morgan fingerprint density at radius 2 is 1.14 bits per heavy atom. The van der Waals surface area contributed by atoms with E-state index in [9.17, 15) is 0 Å². The van der Waals surface area contributed by atoms with Crippen molar-refractivity contribution >= 4 is 21.6 Å². The molecular weight excluding hydrogens is 228 g/mol. The molecule has 0 amide bonds. The molecule has 0 unspecified atom stereocenters.